The number of anilines is 2. The molecular formula is C20H20IN3O. The van der Waals surface area contributed by atoms with Gasteiger partial charge in [0.05, 0.1) is 0 Å². The van der Waals surface area contributed by atoms with Crippen molar-refractivity contribution in [1.29, 1.82) is 5.26 Å². The van der Waals surface area contributed by atoms with Gasteiger partial charge in [0.2, 0.25) is 0 Å². The molecule has 0 saturated carbocycles. The van der Waals surface area contributed by atoms with Crippen LogP contribution in [0.4, 0.5) is 11.4 Å². The van der Waals surface area contributed by atoms with E-state index in [0.29, 0.717) is 0 Å². The third kappa shape index (κ3) is 5.07. The molecule has 0 bridgehead atoms. The summed E-state index contributed by atoms with van der Waals surface area (Å²) in [4.78, 5) is 12.5. The van der Waals surface area contributed by atoms with Gasteiger partial charge in [-0.15, -0.1) is 0 Å². The summed E-state index contributed by atoms with van der Waals surface area (Å²) in [6.45, 7) is 6.09. The number of aryl methyl sites for hydroxylation is 1. The van der Waals surface area contributed by atoms with Crippen LogP contribution in [0.5, 0.6) is 0 Å². The molecule has 0 aliphatic heterocycles. The van der Waals surface area contributed by atoms with Crippen molar-refractivity contribution in [1.82, 2.24) is 0 Å². The first-order valence-corrected chi connectivity index (χ1v) is 9.03. The molecule has 4 nitrogen and oxygen atoms in total. The fourth-order valence-electron chi connectivity index (χ4n) is 2.37. The van der Waals surface area contributed by atoms with E-state index in [1.807, 2.05) is 55.5 Å². The Morgan fingerprint density at radius 2 is 1.88 bits per heavy atom. The number of nitriles is 1. The molecule has 0 aliphatic carbocycles. The van der Waals surface area contributed by atoms with E-state index in [2.05, 4.69) is 47.1 Å². The van der Waals surface area contributed by atoms with Crippen molar-refractivity contribution in [2.24, 2.45) is 0 Å². The van der Waals surface area contributed by atoms with E-state index in [-0.39, 0.29) is 11.5 Å². The fraction of sp³-hybridized carbons (Fsp3) is 0.200. The highest BCUT2D eigenvalue weighted by atomic mass is 127. The third-order valence-corrected chi connectivity index (χ3v) is 4.48. The summed E-state index contributed by atoms with van der Waals surface area (Å²) >= 11 is 2.22. The molecule has 2 N–H and O–H groups in total. The number of hydrogen-bond acceptors (Lipinski definition) is 3. The number of nitrogens with zero attached hydrogens (tertiary/aromatic N) is 1. The van der Waals surface area contributed by atoms with E-state index in [1.165, 1.54) is 6.20 Å². The van der Waals surface area contributed by atoms with Gasteiger partial charge in [0.1, 0.15) is 11.6 Å². The van der Waals surface area contributed by atoms with Crippen molar-refractivity contribution in [2.45, 2.75) is 26.7 Å². The van der Waals surface area contributed by atoms with Crippen LogP contribution in [0.3, 0.4) is 0 Å². The molecule has 128 valence electrons. The quantitative estimate of drug-likeness (QED) is 0.379. The van der Waals surface area contributed by atoms with Crippen molar-refractivity contribution >= 4 is 39.9 Å². The molecule has 2 rings (SSSR count). The van der Waals surface area contributed by atoms with Crippen LogP contribution >= 0.6 is 22.6 Å². The summed E-state index contributed by atoms with van der Waals surface area (Å²) in [5.41, 5.74) is 3.65. The van der Waals surface area contributed by atoms with Crippen molar-refractivity contribution in [3.05, 3.63) is 68.9 Å². The first kappa shape index (κ1) is 19.0. The Labute approximate surface area is 162 Å². The molecule has 0 heterocycles. The molecule has 1 amide bonds. The lowest BCUT2D eigenvalue weighted by atomic mass is 9.98. The number of halogens is 1. The highest BCUT2D eigenvalue weighted by Crippen LogP contribution is 2.27. The summed E-state index contributed by atoms with van der Waals surface area (Å²) in [6, 6.07) is 15.6. The number of amides is 1. The monoisotopic (exact) mass is 445 g/mol. The minimum absolute atomic E-state index is 0.0245. The van der Waals surface area contributed by atoms with Crippen molar-refractivity contribution in [3.63, 3.8) is 0 Å². The number of para-hydroxylation sites is 1. The standard InChI is InChI=1S/C20H20IN3O/c1-13(2)18-6-4-5-14(3)19(18)24-20(25)15(11-22)12-23-17-9-7-16(21)8-10-17/h4-10,12-13,23H,1-3H3,(H,24,25)/b15-12-. The van der Waals surface area contributed by atoms with E-state index in [4.69, 9.17) is 0 Å². The van der Waals surface area contributed by atoms with Gasteiger partial charge in [0, 0.05) is 21.1 Å². The molecule has 0 saturated heterocycles. The zero-order valence-electron chi connectivity index (χ0n) is 14.4. The van der Waals surface area contributed by atoms with Crippen molar-refractivity contribution in [2.75, 3.05) is 10.6 Å². The van der Waals surface area contributed by atoms with Crippen LogP contribution in [0.25, 0.3) is 0 Å². The number of carbonyl (C=O) groups is 1. The molecule has 0 spiro atoms. The van der Waals surface area contributed by atoms with Crippen LogP contribution in [0.1, 0.15) is 30.9 Å². The number of benzene rings is 2. The van der Waals surface area contributed by atoms with Gasteiger partial charge < -0.3 is 10.6 Å². The van der Waals surface area contributed by atoms with Gasteiger partial charge in [-0.1, -0.05) is 32.0 Å². The van der Waals surface area contributed by atoms with Gasteiger partial charge in [-0.3, -0.25) is 4.79 Å². The van der Waals surface area contributed by atoms with Gasteiger partial charge in [0.15, 0.2) is 0 Å². The summed E-state index contributed by atoms with van der Waals surface area (Å²) in [5, 5.41) is 15.2. The van der Waals surface area contributed by atoms with E-state index in [9.17, 15) is 10.1 Å². The van der Waals surface area contributed by atoms with Gasteiger partial charge in [0.25, 0.3) is 5.91 Å². The number of hydrogen-bond donors (Lipinski definition) is 2. The van der Waals surface area contributed by atoms with Crippen LogP contribution in [-0.4, -0.2) is 5.91 Å². The Bertz CT molecular complexity index is 833. The summed E-state index contributed by atoms with van der Waals surface area (Å²) in [5.74, 6) is -0.147. The van der Waals surface area contributed by atoms with E-state index >= 15 is 0 Å². The van der Waals surface area contributed by atoms with Gasteiger partial charge in [-0.05, 0) is 70.8 Å². The minimum Gasteiger partial charge on any atom is -0.360 e. The first-order chi connectivity index (χ1) is 11.9. The second kappa shape index (κ2) is 8.67. The number of rotatable bonds is 5. The van der Waals surface area contributed by atoms with Crippen LogP contribution < -0.4 is 10.6 Å². The molecular weight excluding hydrogens is 425 g/mol. The smallest absolute Gasteiger partial charge is 0.267 e. The number of carbonyl (C=O) groups excluding carboxylic acids is 1. The SMILES string of the molecule is Cc1cccc(C(C)C)c1NC(=O)/C(C#N)=C\Nc1ccc(I)cc1. The van der Waals surface area contributed by atoms with Crippen LogP contribution in [-0.2, 0) is 4.79 Å². The molecule has 0 radical (unpaired) electrons. The third-order valence-electron chi connectivity index (χ3n) is 3.76. The largest absolute Gasteiger partial charge is 0.360 e. The molecule has 0 aliphatic rings. The van der Waals surface area contributed by atoms with Gasteiger partial charge in [-0.2, -0.15) is 5.26 Å². The Kier molecular flexibility index (Phi) is 6.59. The zero-order chi connectivity index (χ0) is 18.4. The predicted molar refractivity (Wildman–Crippen MR) is 110 cm³/mol. The number of nitrogens with one attached hydrogen (secondary N) is 2. The molecule has 2 aromatic carbocycles. The van der Waals surface area contributed by atoms with Crippen LogP contribution in [0.2, 0.25) is 0 Å². The Balaban J connectivity index is 2.20. The van der Waals surface area contributed by atoms with E-state index in [0.717, 1.165) is 26.1 Å². The average Bonchev–Trinajstić information content (AvgIpc) is 2.58. The normalized spacial score (nSPS) is 11.1. The molecule has 0 atom stereocenters. The second-order valence-corrected chi connectivity index (χ2v) is 7.21. The average molecular weight is 445 g/mol. The molecule has 0 fully saturated rings. The van der Waals surface area contributed by atoms with E-state index < -0.39 is 5.91 Å². The first-order valence-electron chi connectivity index (χ1n) is 7.95. The predicted octanol–water partition coefficient (Wildman–Crippen LogP) is 5.18. The maximum absolute atomic E-state index is 12.5. The van der Waals surface area contributed by atoms with Crippen molar-refractivity contribution < 1.29 is 4.79 Å². The van der Waals surface area contributed by atoms with Gasteiger partial charge in [-0.25, -0.2) is 0 Å². The minimum atomic E-state index is -0.420. The summed E-state index contributed by atoms with van der Waals surface area (Å²) in [7, 11) is 0. The Morgan fingerprint density at radius 1 is 1.20 bits per heavy atom. The lowest BCUT2D eigenvalue weighted by Gasteiger charge is -2.16. The van der Waals surface area contributed by atoms with E-state index in [1.54, 1.807) is 0 Å². The molecule has 2 aromatic rings. The Morgan fingerprint density at radius 3 is 2.48 bits per heavy atom. The van der Waals surface area contributed by atoms with Crippen LogP contribution in [0, 0.1) is 21.8 Å². The topological polar surface area (TPSA) is 64.9 Å². The van der Waals surface area contributed by atoms with Crippen molar-refractivity contribution in [3.8, 4) is 6.07 Å². The highest BCUT2D eigenvalue weighted by molar-refractivity contribution is 14.1. The lowest BCUT2D eigenvalue weighted by molar-refractivity contribution is -0.112. The lowest BCUT2D eigenvalue weighted by Crippen LogP contribution is -2.17. The molecule has 25 heavy (non-hydrogen) atoms. The van der Waals surface area contributed by atoms with Crippen LogP contribution in [0.15, 0.2) is 54.2 Å². The fourth-order valence-corrected chi connectivity index (χ4v) is 2.73. The zero-order valence-corrected chi connectivity index (χ0v) is 16.6. The van der Waals surface area contributed by atoms with Gasteiger partial charge >= 0.3 is 0 Å². The summed E-state index contributed by atoms with van der Waals surface area (Å²) in [6.07, 6.45) is 1.44. The Hall–Kier alpha value is -2.33. The summed E-state index contributed by atoms with van der Waals surface area (Å²) < 4.78 is 1.12. The second-order valence-electron chi connectivity index (χ2n) is 5.97. The highest BCUT2D eigenvalue weighted by Gasteiger charge is 2.15. The molecule has 0 aromatic heterocycles. The molecule has 5 heteroatoms. The molecule has 0 unspecified atom stereocenters. The maximum Gasteiger partial charge on any atom is 0.267 e. The maximum atomic E-state index is 12.5.